The summed E-state index contributed by atoms with van der Waals surface area (Å²) in [6, 6.07) is 9.60. The van der Waals surface area contributed by atoms with E-state index in [1.807, 2.05) is 6.66 Å². The minimum atomic E-state index is -2.78. The van der Waals surface area contributed by atoms with Crippen LogP contribution in [0.25, 0.3) is 0 Å². The number of anilines is 2. The molecule has 2 aliphatic rings. The van der Waals surface area contributed by atoms with Gasteiger partial charge in [0, 0.05) is 6.66 Å². The molecule has 4 rings (SSSR count). The van der Waals surface area contributed by atoms with E-state index in [4.69, 9.17) is 0 Å². The number of rotatable bonds is 2. The molecule has 1 aliphatic heterocycles. The van der Waals surface area contributed by atoms with Crippen molar-refractivity contribution >= 4 is 18.8 Å². The van der Waals surface area contributed by atoms with E-state index in [1.165, 1.54) is 57.6 Å². The van der Waals surface area contributed by atoms with E-state index in [0.717, 1.165) is 12.8 Å². The number of fused-ring (bicyclic) bond motifs is 1. The first-order valence-electron chi connectivity index (χ1n) is 11.0. The maximum absolute atomic E-state index is 14.7. The Hall–Kier alpha value is -1.73. The molecule has 3 nitrogen and oxygen atoms in total. The third kappa shape index (κ3) is 3.22. The van der Waals surface area contributed by atoms with Crippen molar-refractivity contribution in [1.82, 2.24) is 0 Å². The Labute approximate surface area is 176 Å². The summed E-state index contributed by atoms with van der Waals surface area (Å²) in [5, 5.41) is 0. The Morgan fingerprint density at radius 2 is 1.00 bits per heavy atom. The Balaban J connectivity index is 1.93. The van der Waals surface area contributed by atoms with Crippen molar-refractivity contribution in [3.63, 3.8) is 0 Å². The number of nitrogens with zero attached hydrogens (tertiary/aromatic N) is 2. The second-order valence-electron chi connectivity index (χ2n) is 9.44. The first-order valence-corrected chi connectivity index (χ1v) is 13.0. The predicted octanol–water partition coefficient (Wildman–Crippen LogP) is 7.00. The third-order valence-corrected chi connectivity index (χ3v) is 9.44. The lowest BCUT2D eigenvalue weighted by Gasteiger charge is -2.35. The Kier molecular flexibility index (Phi) is 5.10. The molecule has 2 aromatic carbocycles. The fourth-order valence-electron chi connectivity index (χ4n) is 6.09. The number of aryl methyl sites for hydroxylation is 6. The smallest absolute Gasteiger partial charge is 0.260 e. The number of benzene rings is 2. The normalized spacial score (nSPS) is 23.4. The molecule has 0 unspecified atom stereocenters. The zero-order valence-electron chi connectivity index (χ0n) is 19.0. The van der Waals surface area contributed by atoms with Crippen LogP contribution in [0.4, 0.5) is 11.4 Å². The molecule has 1 aliphatic carbocycles. The quantitative estimate of drug-likeness (QED) is 0.498. The standard InChI is InChI=1S/C25H35N2OP/c1-16-12-18(3)24(19(4)13-16)26-22-10-8-9-11-23(22)27(29(26,7)28)25-20(5)14-17(2)15-21(25)6/h12-15,22-23H,8-11H2,1-7H3/t22-,23-/m1/s1. The minimum absolute atomic E-state index is 0.319. The van der Waals surface area contributed by atoms with E-state index in [0.29, 0.717) is 12.1 Å². The van der Waals surface area contributed by atoms with E-state index >= 15 is 0 Å². The van der Waals surface area contributed by atoms with E-state index in [2.05, 4.69) is 75.1 Å². The van der Waals surface area contributed by atoms with Gasteiger partial charge in [-0.25, -0.2) is 0 Å². The molecule has 0 aromatic heterocycles. The van der Waals surface area contributed by atoms with E-state index in [1.54, 1.807) is 0 Å². The van der Waals surface area contributed by atoms with Gasteiger partial charge in [-0.2, -0.15) is 0 Å². The van der Waals surface area contributed by atoms with Crippen molar-refractivity contribution in [2.24, 2.45) is 0 Å². The summed E-state index contributed by atoms with van der Waals surface area (Å²) in [6.45, 7) is 15.0. The van der Waals surface area contributed by atoms with Gasteiger partial charge in [0.25, 0.3) is 7.44 Å². The van der Waals surface area contributed by atoms with Gasteiger partial charge < -0.3 is 9.34 Å². The Morgan fingerprint density at radius 3 is 1.31 bits per heavy atom. The monoisotopic (exact) mass is 410 g/mol. The lowest BCUT2D eigenvalue weighted by molar-refractivity contribution is 0.408. The molecule has 1 saturated carbocycles. The molecule has 1 saturated heterocycles. The van der Waals surface area contributed by atoms with Crippen molar-refractivity contribution in [2.75, 3.05) is 16.0 Å². The average molecular weight is 411 g/mol. The van der Waals surface area contributed by atoms with Gasteiger partial charge in [0.15, 0.2) is 0 Å². The maximum atomic E-state index is 14.7. The topological polar surface area (TPSA) is 23.6 Å². The zero-order valence-corrected chi connectivity index (χ0v) is 19.9. The maximum Gasteiger partial charge on any atom is 0.260 e. The van der Waals surface area contributed by atoms with Gasteiger partial charge >= 0.3 is 0 Å². The van der Waals surface area contributed by atoms with Crippen molar-refractivity contribution in [1.29, 1.82) is 0 Å². The van der Waals surface area contributed by atoms with Gasteiger partial charge in [-0.1, -0.05) is 48.2 Å². The van der Waals surface area contributed by atoms with E-state index in [-0.39, 0.29) is 0 Å². The molecular formula is C25H35N2OP. The van der Waals surface area contributed by atoms with Gasteiger partial charge in [0.2, 0.25) is 0 Å². The number of hydrogen-bond donors (Lipinski definition) is 0. The van der Waals surface area contributed by atoms with Crippen LogP contribution in [-0.4, -0.2) is 18.7 Å². The van der Waals surface area contributed by atoms with E-state index in [9.17, 15) is 4.57 Å². The molecule has 1 heterocycles. The van der Waals surface area contributed by atoms with Crippen molar-refractivity contribution in [3.8, 4) is 0 Å². The van der Waals surface area contributed by atoms with Crippen LogP contribution in [0.5, 0.6) is 0 Å². The predicted molar refractivity (Wildman–Crippen MR) is 126 cm³/mol. The van der Waals surface area contributed by atoms with Crippen molar-refractivity contribution in [3.05, 3.63) is 57.6 Å². The van der Waals surface area contributed by atoms with E-state index < -0.39 is 7.44 Å². The summed E-state index contributed by atoms with van der Waals surface area (Å²) in [5.41, 5.74) is 9.92. The van der Waals surface area contributed by atoms with Gasteiger partial charge in [0.05, 0.1) is 23.5 Å². The summed E-state index contributed by atoms with van der Waals surface area (Å²) < 4.78 is 19.4. The highest BCUT2D eigenvalue weighted by atomic mass is 31.2. The van der Waals surface area contributed by atoms with Crippen LogP contribution < -0.4 is 9.34 Å². The van der Waals surface area contributed by atoms with Gasteiger partial charge in [0.1, 0.15) is 0 Å². The highest BCUT2D eigenvalue weighted by Gasteiger charge is 2.53. The summed E-state index contributed by atoms with van der Waals surface area (Å²) in [5.74, 6) is 0. The van der Waals surface area contributed by atoms with Crippen LogP contribution in [0.1, 0.15) is 59.1 Å². The van der Waals surface area contributed by atoms with Gasteiger partial charge in [-0.3, -0.25) is 4.57 Å². The molecule has 2 fully saturated rings. The second kappa shape index (κ2) is 7.20. The van der Waals surface area contributed by atoms with Crippen LogP contribution in [0.2, 0.25) is 0 Å². The molecule has 0 amide bonds. The van der Waals surface area contributed by atoms with Crippen LogP contribution >= 0.6 is 7.44 Å². The SMILES string of the molecule is Cc1cc(C)c(N2[C@@H]3CCCC[C@H]3N(c3c(C)cc(C)cc3C)P2(C)=O)c(C)c1. The Morgan fingerprint density at radius 1 is 0.690 bits per heavy atom. The number of hydrogen-bond acceptors (Lipinski definition) is 1. The fraction of sp³-hybridized carbons (Fsp3) is 0.520. The second-order valence-corrected chi connectivity index (χ2v) is 12.0. The fourth-order valence-corrected chi connectivity index (χ4v) is 9.31. The molecule has 2 atom stereocenters. The largest absolute Gasteiger partial charge is 0.301 e. The van der Waals surface area contributed by atoms with Crippen LogP contribution in [0, 0.1) is 41.5 Å². The lowest BCUT2D eigenvalue weighted by atomic mass is 9.88. The molecule has 2 aromatic rings. The molecule has 29 heavy (non-hydrogen) atoms. The summed E-state index contributed by atoms with van der Waals surface area (Å²) in [6.07, 6.45) is 4.69. The lowest BCUT2D eigenvalue weighted by Crippen LogP contribution is -2.40. The van der Waals surface area contributed by atoms with Crippen LogP contribution in [0.15, 0.2) is 24.3 Å². The van der Waals surface area contributed by atoms with Crippen molar-refractivity contribution < 1.29 is 4.57 Å². The van der Waals surface area contributed by atoms with Gasteiger partial charge in [-0.15, -0.1) is 0 Å². The molecule has 0 spiro atoms. The average Bonchev–Trinajstić information content (AvgIpc) is 2.82. The van der Waals surface area contributed by atoms with Gasteiger partial charge in [-0.05, 0) is 76.6 Å². The van der Waals surface area contributed by atoms with Crippen LogP contribution in [0.3, 0.4) is 0 Å². The highest BCUT2D eigenvalue weighted by Crippen LogP contribution is 2.65. The molecule has 0 radical (unpaired) electrons. The first-order chi connectivity index (χ1) is 13.6. The zero-order chi connectivity index (χ0) is 21.1. The Bertz CT molecular complexity index is 888. The molecular weight excluding hydrogens is 375 g/mol. The summed E-state index contributed by atoms with van der Waals surface area (Å²) in [7, 11) is -2.78. The minimum Gasteiger partial charge on any atom is -0.301 e. The first kappa shape index (κ1) is 20.5. The third-order valence-electron chi connectivity index (χ3n) is 6.85. The van der Waals surface area contributed by atoms with Crippen molar-refractivity contribution in [2.45, 2.75) is 79.3 Å². The molecule has 156 valence electrons. The molecule has 0 bridgehead atoms. The summed E-state index contributed by atoms with van der Waals surface area (Å²) >= 11 is 0. The molecule has 0 N–H and O–H groups in total. The van der Waals surface area contributed by atoms with Crippen LogP contribution in [-0.2, 0) is 4.57 Å². The highest BCUT2D eigenvalue weighted by molar-refractivity contribution is 7.67. The molecule has 4 heteroatoms. The summed E-state index contributed by atoms with van der Waals surface area (Å²) in [4.78, 5) is 0.